The third kappa shape index (κ3) is 3.33. The predicted octanol–water partition coefficient (Wildman–Crippen LogP) is 1.37. The topological polar surface area (TPSA) is 96.0 Å². The lowest BCUT2D eigenvalue weighted by Crippen LogP contribution is -2.41. The van der Waals surface area contributed by atoms with Gasteiger partial charge < -0.3 is 10.1 Å². The van der Waals surface area contributed by atoms with Crippen LogP contribution in [-0.2, 0) is 14.4 Å². The molecule has 1 aromatic carbocycles. The highest BCUT2D eigenvalue weighted by Crippen LogP contribution is 2.27. The van der Waals surface area contributed by atoms with Gasteiger partial charge in [-0.3, -0.25) is 19.3 Å². The zero-order valence-electron chi connectivity index (χ0n) is 13.9. The standard InChI is InChI=1S/C17H19N3O5/c1-25-13-8-6-11(7-9-13)18-14(21)10-19-15(22)16(23)20(17(19)24)12-4-2-3-5-12/h6-9,12H,2-5,10H2,1H3,(H,18,21). The van der Waals surface area contributed by atoms with Gasteiger partial charge in [0, 0.05) is 11.7 Å². The lowest BCUT2D eigenvalue weighted by molar-refractivity contribution is -0.144. The van der Waals surface area contributed by atoms with E-state index in [0.29, 0.717) is 29.2 Å². The summed E-state index contributed by atoms with van der Waals surface area (Å²) in [6.45, 7) is -0.487. The van der Waals surface area contributed by atoms with Crippen molar-refractivity contribution < 1.29 is 23.9 Å². The second-order valence-corrected chi connectivity index (χ2v) is 6.06. The molecule has 1 aliphatic heterocycles. The highest BCUT2D eigenvalue weighted by Gasteiger charge is 2.48. The van der Waals surface area contributed by atoms with E-state index in [0.717, 1.165) is 17.7 Å². The number of methoxy groups -OCH3 is 1. The first-order chi connectivity index (χ1) is 12.0. The molecule has 8 nitrogen and oxygen atoms in total. The molecule has 1 N–H and O–H groups in total. The third-order valence-electron chi connectivity index (χ3n) is 4.45. The number of benzene rings is 1. The summed E-state index contributed by atoms with van der Waals surface area (Å²) in [7, 11) is 1.53. The van der Waals surface area contributed by atoms with Gasteiger partial charge in [-0.25, -0.2) is 9.69 Å². The zero-order valence-corrected chi connectivity index (χ0v) is 13.9. The molecule has 0 atom stereocenters. The highest BCUT2D eigenvalue weighted by atomic mass is 16.5. The van der Waals surface area contributed by atoms with Crippen molar-refractivity contribution in [3.63, 3.8) is 0 Å². The fourth-order valence-corrected chi connectivity index (χ4v) is 3.16. The largest absolute Gasteiger partial charge is 0.497 e. The molecule has 5 amide bonds. The molecule has 3 rings (SSSR count). The Morgan fingerprint density at radius 3 is 2.36 bits per heavy atom. The van der Waals surface area contributed by atoms with Crippen LogP contribution in [0.15, 0.2) is 24.3 Å². The van der Waals surface area contributed by atoms with Crippen molar-refractivity contribution in [1.29, 1.82) is 0 Å². The minimum Gasteiger partial charge on any atom is -0.497 e. The second kappa shape index (κ2) is 6.92. The van der Waals surface area contributed by atoms with Crippen molar-refractivity contribution in [3.8, 4) is 5.75 Å². The number of amides is 5. The van der Waals surface area contributed by atoms with Crippen molar-refractivity contribution >= 4 is 29.4 Å². The Morgan fingerprint density at radius 1 is 1.12 bits per heavy atom. The van der Waals surface area contributed by atoms with Gasteiger partial charge in [0.2, 0.25) is 5.91 Å². The van der Waals surface area contributed by atoms with E-state index in [-0.39, 0.29) is 6.04 Å². The fourth-order valence-electron chi connectivity index (χ4n) is 3.16. The first-order valence-electron chi connectivity index (χ1n) is 8.14. The number of imide groups is 2. The molecule has 0 unspecified atom stereocenters. The molecule has 2 fully saturated rings. The number of urea groups is 1. The smallest absolute Gasteiger partial charge is 0.334 e. The zero-order chi connectivity index (χ0) is 18.0. The van der Waals surface area contributed by atoms with Gasteiger partial charge in [0.05, 0.1) is 7.11 Å². The van der Waals surface area contributed by atoms with E-state index in [2.05, 4.69) is 5.32 Å². The van der Waals surface area contributed by atoms with Crippen LogP contribution in [0.1, 0.15) is 25.7 Å². The molecule has 1 aliphatic carbocycles. The fraction of sp³-hybridized carbons (Fsp3) is 0.412. The molecule has 2 aliphatic rings. The Hall–Kier alpha value is -2.90. The third-order valence-corrected chi connectivity index (χ3v) is 4.45. The molecule has 0 spiro atoms. The molecule has 1 aromatic rings. The van der Waals surface area contributed by atoms with E-state index in [4.69, 9.17) is 4.74 Å². The number of anilines is 1. The van der Waals surface area contributed by atoms with E-state index in [9.17, 15) is 19.2 Å². The summed E-state index contributed by atoms with van der Waals surface area (Å²) in [5.74, 6) is -1.69. The number of carbonyl (C=O) groups excluding carboxylic acids is 4. The average molecular weight is 345 g/mol. The summed E-state index contributed by atoms with van der Waals surface area (Å²) >= 11 is 0. The van der Waals surface area contributed by atoms with E-state index < -0.39 is 30.3 Å². The number of hydrogen-bond acceptors (Lipinski definition) is 5. The number of carbonyl (C=O) groups is 4. The lowest BCUT2D eigenvalue weighted by atomic mass is 10.2. The Bertz CT molecular complexity index is 709. The van der Waals surface area contributed by atoms with Crippen LogP contribution in [0, 0.1) is 0 Å². The van der Waals surface area contributed by atoms with E-state index in [1.165, 1.54) is 7.11 Å². The molecule has 0 bridgehead atoms. The van der Waals surface area contributed by atoms with E-state index in [1.54, 1.807) is 24.3 Å². The molecule has 132 valence electrons. The number of nitrogens with one attached hydrogen (secondary N) is 1. The minimum absolute atomic E-state index is 0.237. The SMILES string of the molecule is COc1ccc(NC(=O)CN2C(=O)C(=O)N(C3CCCC3)C2=O)cc1. The van der Waals surface area contributed by atoms with E-state index >= 15 is 0 Å². The van der Waals surface area contributed by atoms with Crippen LogP contribution in [0.25, 0.3) is 0 Å². The molecule has 1 saturated carbocycles. The van der Waals surface area contributed by atoms with Crippen LogP contribution in [0.4, 0.5) is 10.5 Å². The predicted molar refractivity (Wildman–Crippen MR) is 87.8 cm³/mol. The highest BCUT2D eigenvalue weighted by molar-refractivity contribution is 6.45. The summed E-state index contributed by atoms with van der Waals surface area (Å²) in [6, 6.07) is 5.69. The number of rotatable bonds is 5. The van der Waals surface area contributed by atoms with Crippen molar-refractivity contribution in [3.05, 3.63) is 24.3 Å². The molecule has 0 aromatic heterocycles. The average Bonchev–Trinajstić information content (AvgIpc) is 3.19. The monoisotopic (exact) mass is 345 g/mol. The molecule has 8 heteroatoms. The number of nitrogens with zero attached hydrogens (tertiary/aromatic N) is 2. The maximum absolute atomic E-state index is 12.4. The van der Waals surface area contributed by atoms with Crippen molar-refractivity contribution in [2.24, 2.45) is 0 Å². The van der Waals surface area contributed by atoms with Crippen molar-refractivity contribution in [2.45, 2.75) is 31.7 Å². The lowest BCUT2D eigenvalue weighted by Gasteiger charge is -2.20. The minimum atomic E-state index is -0.943. The molecule has 0 radical (unpaired) electrons. The van der Waals surface area contributed by atoms with Gasteiger partial charge in [0.15, 0.2) is 0 Å². The van der Waals surface area contributed by atoms with Gasteiger partial charge in [-0.15, -0.1) is 0 Å². The van der Waals surface area contributed by atoms with Crippen LogP contribution < -0.4 is 10.1 Å². The van der Waals surface area contributed by atoms with Crippen LogP contribution in [-0.4, -0.2) is 53.2 Å². The number of ether oxygens (including phenoxy) is 1. The summed E-state index contributed by atoms with van der Waals surface area (Å²) in [5, 5.41) is 2.59. The van der Waals surface area contributed by atoms with Crippen molar-refractivity contribution in [2.75, 3.05) is 19.0 Å². The Labute approximate surface area is 144 Å². The van der Waals surface area contributed by atoms with Crippen LogP contribution in [0.2, 0.25) is 0 Å². The first-order valence-corrected chi connectivity index (χ1v) is 8.14. The quantitative estimate of drug-likeness (QED) is 0.642. The van der Waals surface area contributed by atoms with Crippen LogP contribution in [0.3, 0.4) is 0 Å². The molecule has 25 heavy (non-hydrogen) atoms. The maximum Gasteiger partial charge on any atom is 0.334 e. The summed E-state index contributed by atoms with van der Waals surface area (Å²) < 4.78 is 5.03. The summed E-state index contributed by atoms with van der Waals surface area (Å²) in [5.41, 5.74) is 0.504. The van der Waals surface area contributed by atoms with Gasteiger partial charge in [-0.2, -0.15) is 0 Å². The Kier molecular flexibility index (Phi) is 4.69. The first kappa shape index (κ1) is 16.9. The molecule has 1 saturated heterocycles. The molecular weight excluding hydrogens is 326 g/mol. The molecular formula is C17H19N3O5. The Morgan fingerprint density at radius 2 is 1.76 bits per heavy atom. The van der Waals surface area contributed by atoms with Gasteiger partial charge in [-0.1, -0.05) is 12.8 Å². The van der Waals surface area contributed by atoms with E-state index in [1.807, 2.05) is 0 Å². The van der Waals surface area contributed by atoms with Gasteiger partial charge in [0.1, 0.15) is 12.3 Å². The second-order valence-electron chi connectivity index (χ2n) is 6.06. The van der Waals surface area contributed by atoms with Gasteiger partial charge in [-0.05, 0) is 37.1 Å². The van der Waals surface area contributed by atoms with Crippen LogP contribution in [0.5, 0.6) is 5.75 Å². The maximum atomic E-state index is 12.4. The summed E-state index contributed by atoms with van der Waals surface area (Å²) in [4.78, 5) is 50.4. The summed E-state index contributed by atoms with van der Waals surface area (Å²) in [6.07, 6.45) is 3.26. The number of hydrogen-bond donors (Lipinski definition) is 1. The van der Waals surface area contributed by atoms with Gasteiger partial charge >= 0.3 is 17.8 Å². The Balaban J connectivity index is 1.64. The van der Waals surface area contributed by atoms with Crippen molar-refractivity contribution in [1.82, 2.24) is 9.80 Å². The molecule has 1 heterocycles. The normalized spacial score (nSPS) is 18.2. The van der Waals surface area contributed by atoms with Crippen LogP contribution >= 0.6 is 0 Å². The van der Waals surface area contributed by atoms with Gasteiger partial charge in [0.25, 0.3) is 0 Å².